The second kappa shape index (κ2) is 11.6. The van der Waals surface area contributed by atoms with Crippen molar-refractivity contribution in [1.29, 1.82) is 0 Å². The molecular weight excluding hydrogens is 611 g/mol. The summed E-state index contributed by atoms with van der Waals surface area (Å²) >= 11 is 0. The molecule has 0 aliphatic carbocycles. The van der Waals surface area contributed by atoms with E-state index in [9.17, 15) is 43.6 Å². The zero-order valence-corrected chi connectivity index (χ0v) is 23.6. The second-order valence-corrected chi connectivity index (χ2v) is 13.4. The van der Waals surface area contributed by atoms with Gasteiger partial charge in [-0.05, 0) is 66.8 Å². The minimum absolute atomic E-state index is 0.0237. The van der Waals surface area contributed by atoms with E-state index in [1.54, 1.807) is 6.92 Å². The third-order valence-corrected chi connectivity index (χ3v) is 10.1. The Morgan fingerprint density at radius 1 is 1.00 bits per heavy atom. The molecule has 42 heavy (non-hydrogen) atoms. The minimum atomic E-state index is -4.63. The number of piperidine rings is 1. The fourth-order valence-electron chi connectivity index (χ4n) is 4.68. The number of hydrogen-bond donors (Lipinski definition) is 1. The number of carbonyl (C=O) groups excluding carboxylic acids is 1. The number of nitrogens with zero attached hydrogens (tertiary/aromatic N) is 5. The number of alkyl halides is 3. The third kappa shape index (κ3) is 6.75. The number of halogens is 5. The number of benzene rings is 2. The van der Waals surface area contributed by atoms with Crippen LogP contribution in [0.1, 0.15) is 41.8 Å². The van der Waals surface area contributed by atoms with Gasteiger partial charge in [0.15, 0.2) is 27.3 Å². The van der Waals surface area contributed by atoms with E-state index in [-0.39, 0.29) is 56.8 Å². The van der Waals surface area contributed by atoms with Gasteiger partial charge >= 0.3 is 6.18 Å². The highest BCUT2D eigenvalue weighted by Crippen LogP contribution is 2.32. The molecule has 11 nitrogen and oxygen atoms in total. The summed E-state index contributed by atoms with van der Waals surface area (Å²) in [5.74, 6) is -3.80. The minimum Gasteiger partial charge on any atom is -0.343 e. The number of sulfonamides is 1. The molecular formula is C24H25F5N6O5S2. The van der Waals surface area contributed by atoms with E-state index in [0.717, 1.165) is 16.9 Å². The molecule has 1 aliphatic heterocycles. The van der Waals surface area contributed by atoms with Gasteiger partial charge in [-0.25, -0.2) is 30.8 Å². The predicted molar refractivity (Wildman–Crippen MR) is 136 cm³/mol. The standard InChI is InChI=1S/C24H25F5N6O5S2/c1-14-31-33-35(32-14)13-16-12-17(24(27,28)29)4-2-15(16)3-7-21(36)34-10-8-18(9-11-34)41(37,38)19-5-6-20(42(30,39)40)23(26)22(19)25/h2,4-6,12,18H,3,7-11,13H2,1H3,(H2,30,39,40). The number of rotatable bonds is 8. The Bertz CT molecular complexity index is 1720. The van der Waals surface area contributed by atoms with Crippen LogP contribution in [0.4, 0.5) is 22.0 Å². The zero-order valence-electron chi connectivity index (χ0n) is 22.0. The van der Waals surface area contributed by atoms with Crippen LogP contribution in [0.25, 0.3) is 0 Å². The fourth-order valence-corrected chi connectivity index (χ4v) is 7.07. The van der Waals surface area contributed by atoms with Crippen LogP contribution in [-0.4, -0.2) is 66.2 Å². The normalized spacial score (nSPS) is 15.3. The van der Waals surface area contributed by atoms with E-state index < -0.39 is 58.3 Å². The maximum Gasteiger partial charge on any atom is 0.416 e. The fraction of sp³-hybridized carbons (Fsp3) is 0.417. The van der Waals surface area contributed by atoms with Crippen molar-refractivity contribution in [3.8, 4) is 0 Å². The molecule has 18 heteroatoms. The van der Waals surface area contributed by atoms with Gasteiger partial charge in [0.05, 0.1) is 17.4 Å². The summed E-state index contributed by atoms with van der Waals surface area (Å²) in [5, 5.41) is 15.1. The second-order valence-electron chi connectivity index (χ2n) is 9.71. The van der Waals surface area contributed by atoms with Crippen molar-refractivity contribution in [2.24, 2.45) is 5.14 Å². The average molecular weight is 637 g/mol. The van der Waals surface area contributed by atoms with Crippen LogP contribution in [0.5, 0.6) is 0 Å². The molecule has 1 fully saturated rings. The van der Waals surface area contributed by atoms with E-state index in [2.05, 4.69) is 15.4 Å². The van der Waals surface area contributed by atoms with E-state index in [1.807, 2.05) is 0 Å². The molecule has 0 atom stereocenters. The smallest absolute Gasteiger partial charge is 0.343 e. The van der Waals surface area contributed by atoms with Crippen LogP contribution < -0.4 is 5.14 Å². The number of carbonyl (C=O) groups is 1. The lowest BCUT2D eigenvalue weighted by atomic mass is 9.99. The summed E-state index contributed by atoms with van der Waals surface area (Å²) in [4.78, 5) is 13.2. The molecule has 1 saturated heterocycles. The Balaban J connectivity index is 1.43. The first kappa shape index (κ1) is 31.4. The van der Waals surface area contributed by atoms with Gasteiger partial charge in [0.1, 0.15) is 9.79 Å². The summed E-state index contributed by atoms with van der Waals surface area (Å²) in [6.45, 7) is 1.42. The van der Waals surface area contributed by atoms with E-state index in [4.69, 9.17) is 5.14 Å². The number of sulfone groups is 1. The monoisotopic (exact) mass is 636 g/mol. The Morgan fingerprint density at radius 3 is 2.19 bits per heavy atom. The van der Waals surface area contributed by atoms with Crippen LogP contribution in [-0.2, 0) is 43.8 Å². The highest BCUT2D eigenvalue weighted by Gasteiger charge is 2.36. The highest BCUT2D eigenvalue weighted by molar-refractivity contribution is 7.92. The maximum absolute atomic E-state index is 14.6. The van der Waals surface area contributed by atoms with Gasteiger partial charge in [-0.3, -0.25) is 4.79 Å². The molecule has 1 aromatic heterocycles. The van der Waals surface area contributed by atoms with Crippen molar-refractivity contribution in [2.75, 3.05) is 13.1 Å². The first-order valence-electron chi connectivity index (χ1n) is 12.4. The summed E-state index contributed by atoms with van der Waals surface area (Å²) in [5.41, 5.74) is -0.157. The largest absolute Gasteiger partial charge is 0.416 e. The van der Waals surface area contributed by atoms with Crippen molar-refractivity contribution >= 4 is 25.8 Å². The topological polar surface area (TPSA) is 158 Å². The maximum atomic E-state index is 14.6. The van der Waals surface area contributed by atoms with Gasteiger partial charge in [-0.15, -0.1) is 10.2 Å². The van der Waals surface area contributed by atoms with Gasteiger partial charge in [0, 0.05) is 19.5 Å². The lowest BCUT2D eigenvalue weighted by Crippen LogP contribution is -2.42. The van der Waals surface area contributed by atoms with E-state index in [1.165, 1.54) is 11.0 Å². The Kier molecular flexibility index (Phi) is 8.71. The molecule has 228 valence electrons. The summed E-state index contributed by atoms with van der Waals surface area (Å²) in [6.07, 6.45) is -4.80. The van der Waals surface area contributed by atoms with Crippen molar-refractivity contribution in [3.63, 3.8) is 0 Å². The van der Waals surface area contributed by atoms with Gasteiger partial charge < -0.3 is 4.90 Å². The molecule has 0 radical (unpaired) electrons. The van der Waals surface area contributed by atoms with Gasteiger partial charge in [-0.2, -0.15) is 18.0 Å². The molecule has 1 aliphatic rings. The SMILES string of the molecule is Cc1nnn(Cc2cc(C(F)(F)F)ccc2CCC(=O)N2CCC(S(=O)(=O)c3ccc(S(N)(=O)=O)c(F)c3F)CC2)n1. The van der Waals surface area contributed by atoms with Crippen LogP contribution in [0.2, 0.25) is 0 Å². The summed E-state index contributed by atoms with van der Waals surface area (Å²) in [7, 11) is -9.06. The molecule has 0 spiro atoms. The van der Waals surface area contributed by atoms with E-state index in [0.29, 0.717) is 23.5 Å². The summed E-state index contributed by atoms with van der Waals surface area (Å²) < 4.78 is 118. The van der Waals surface area contributed by atoms with E-state index >= 15 is 0 Å². The quantitative estimate of drug-likeness (QED) is 0.369. The molecule has 0 unspecified atom stereocenters. The van der Waals surface area contributed by atoms with Crippen molar-refractivity contribution < 1.29 is 43.6 Å². The molecule has 2 N–H and O–H groups in total. The van der Waals surface area contributed by atoms with Crippen LogP contribution in [0, 0.1) is 18.6 Å². The lowest BCUT2D eigenvalue weighted by molar-refractivity contribution is -0.137. The molecule has 0 saturated carbocycles. The molecule has 2 heterocycles. The van der Waals surface area contributed by atoms with Crippen LogP contribution >= 0.6 is 0 Å². The van der Waals surface area contributed by atoms with Gasteiger partial charge in [0.25, 0.3) is 0 Å². The summed E-state index contributed by atoms with van der Waals surface area (Å²) in [6, 6.07) is 4.38. The third-order valence-electron chi connectivity index (χ3n) is 6.86. The number of aromatic nitrogens is 4. The Labute approximate surface area is 237 Å². The van der Waals surface area contributed by atoms with Crippen molar-refractivity contribution in [1.82, 2.24) is 25.1 Å². The van der Waals surface area contributed by atoms with Crippen LogP contribution in [0.15, 0.2) is 40.1 Å². The van der Waals surface area contributed by atoms with Crippen molar-refractivity contribution in [2.45, 2.75) is 60.4 Å². The number of tetrazole rings is 1. The predicted octanol–water partition coefficient (Wildman–Crippen LogP) is 2.37. The lowest BCUT2D eigenvalue weighted by Gasteiger charge is -2.32. The average Bonchev–Trinajstić information content (AvgIpc) is 3.32. The van der Waals surface area contributed by atoms with Crippen LogP contribution in [0.3, 0.4) is 0 Å². The first-order chi connectivity index (χ1) is 19.5. The number of nitrogens with two attached hydrogens (primary N) is 1. The number of amides is 1. The number of aryl methyl sites for hydroxylation is 2. The van der Waals surface area contributed by atoms with Gasteiger partial charge in [0.2, 0.25) is 15.9 Å². The van der Waals surface area contributed by atoms with Crippen molar-refractivity contribution in [3.05, 3.63) is 64.5 Å². The first-order valence-corrected chi connectivity index (χ1v) is 15.5. The Morgan fingerprint density at radius 2 is 1.62 bits per heavy atom. The number of likely N-dealkylation sites (tertiary alicyclic amines) is 1. The molecule has 3 aromatic rings. The number of hydrogen-bond acceptors (Lipinski definition) is 8. The molecule has 2 aromatic carbocycles. The Hall–Kier alpha value is -3.51. The molecule has 1 amide bonds. The van der Waals surface area contributed by atoms with Gasteiger partial charge in [-0.1, -0.05) is 6.07 Å². The number of primary sulfonamides is 1. The molecule has 4 rings (SSSR count). The zero-order chi connectivity index (χ0) is 31.0. The molecule has 0 bridgehead atoms. The highest BCUT2D eigenvalue weighted by atomic mass is 32.2.